The predicted molar refractivity (Wildman–Crippen MR) is 86.0 cm³/mol. The largest absolute Gasteiger partial charge is 0.417 e. The van der Waals surface area contributed by atoms with E-state index < -0.39 is 26.8 Å². The maximum atomic E-state index is 13.2. The van der Waals surface area contributed by atoms with Crippen LogP contribution in [0.4, 0.5) is 13.2 Å². The van der Waals surface area contributed by atoms with Gasteiger partial charge < -0.3 is 4.18 Å². The van der Waals surface area contributed by atoms with E-state index in [9.17, 15) is 21.6 Å². The SMILES string of the molecule is O=S(=O)(Oc1cccc2cccnc12)c1ccc(Cl)cc1C(F)(F)F. The Bertz CT molecular complexity index is 1050. The van der Waals surface area contributed by atoms with E-state index in [-0.39, 0.29) is 16.3 Å². The van der Waals surface area contributed by atoms with Gasteiger partial charge in [-0.05, 0) is 30.3 Å². The van der Waals surface area contributed by atoms with Crippen LogP contribution in [0.3, 0.4) is 0 Å². The fourth-order valence-electron chi connectivity index (χ4n) is 2.25. The third-order valence-corrected chi connectivity index (χ3v) is 4.84. The number of nitrogens with zero attached hydrogens (tertiary/aromatic N) is 1. The summed E-state index contributed by atoms with van der Waals surface area (Å²) < 4.78 is 69.3. The normalized spacial score (nSPS) is 12.3. The van der Waals surface area contributed by atoms with Gasteiger partial charge in [0.15, 0.2) is 5.75 Å². The number of pyridine rings is 1. The van der Waals surface area contributed by atoms with E-state index in [1.54, 1.807) is 18.2 Å². The van der Waals surface area contributed by atoms with Gasteiger partial charge in [0.2, 0.25) is 0 Å². The molecule has 2 aromatic carbocycles. The molecular weight excluding hydrogens is 379 g/mol. The van der Waals surface area contributed by atoms with Crippen LogP contribution in [0.1, 0.15) is 5.56 Å². The summed E-state index contributed by atoms with van der Waals surface area (Å²) in [4.78, 5) is 3.00. The van der Waals surface area contributed by atoms with Crippen molar-refractivity contribution in [2.75, 3.05) is 0 Å². The maximum absolute atomic E-state index is 13.2. The number of fused-ring (bicyclic) bond motifs is 1. The van der Waals surface area contributed by atoms with Crippen molar-refractivity contribution in [1.29, 1.82) is 0 Å². The van der Waals surface area contributed by atoms with Crippen LogP contribution in [0.25, 0.3) is 10.9 Å². The van der Waals surface area contributed by atoms with Gasteiger partial charge >= 0.3 is 16.3 Å². The van der Waals surface area contributed by atoms with Crippen LogP contribution >= 0.6 is 11.6 Å². The van der Waals surface area contributed by atoms with Gasteiger partial charge in [-0.2, -0.15) is 21.6 Å². The van der Waals surface area contributed by atoms with Crippen LogP contribution in [0, 0.1) is 0 Å². The molecule has 0 saturated heterocycles. The lowest BCUT2D eigenvalue weighted by Gasteiger charge is -2.14. The Labute approximate surface area is 146 Å². The third-order valence-electron chi connectivity index (χ3n) is 3.31. The standard InChI is InChI=1S/C16H9ClF3NO3S/c17-11-6-7-14(12(9-11)16(18,19)20)25(22,23)24-13-5-1-3-10-4-2-8-21-15(10)13/h1-9H. The van der Waals surface area contributed by atoms with Gasteiger partial charge in [0.1, 0.15) is 10.4 Å². The molecule has 0 aliphatic carbocycles. The molecule has 130 valence electrons. The zero-order valence-electron chi connectivity index (χ0n) is 12.3. The first-order chi connectivity index (χ1) is 11.7. The van der Waals surface area contributed by atoms with Gasteiger partial charge in [-0.15, -0.1) is 0 Å². The molecule has 9 heteroatoms. The Morgan fingerprint density at radius 1 is 1.04 bits per heavy atom. The number of halogens is 4. The van der Waals surface area contributed by atoms with Crippen LogP contribution in [0.15, 0.2) is 59.6 Å². The van der Waals surface area contributed by atoms with Crippen LogP contribution < -0.4 is 4.18 Å². The minimum atomic E-state index is -4.91. The van der Waals surface area contributed by atoms with Crippen molar-refractivity contribution in [2.24, 2.45) is 0 Å². The average molecular weight is 388 g/mol. The fourth-order valence-corrected chi connectivity index (χ4v) is 3.56. The Morgan fingerprint density at radius 3 is 2.48 bits per heavy atom. The van der Waals surface area contributed by atoms with Crippen molar-refractivity contribution in [2.45, 2.75) is 11.1 Å². The van der Waals surface area contributed by atoms with E-state index >= 15 is 0 Å². The molecule has 0 aliphatic heterocycles. The lowest BCUT2D eigenvalue weighted by molar-refractivity contribution is -0.139. The lowest BCUT2D eigenvalue weighted by Crippen LogP contribution is -2.17. The Hall–Kier alpha value is -2.32. The molecule has 0 N–H and O–H groups in total. The number of rotatable bonds is 3. The maximum Gasteiger partial charge on any atom is 0.417 e. The van der Waals surface area contributed by atoms with E-state index in [1.165, 1.54) is 18.3 Å². The van der Waals surface area contributed by atoms with E-state index in [0.29, 0.717) is 11.5 Å². The minimum Gasteiger partial charge on any atom is -0.377 e. The summed E-state index contributed by atoms with van der Waals surface area (Å²) in [5.74, 6) is -0.166. The Balaban J connectivity index is 2.12. The second kappa shape index (κ2) is 6.20. The first-order valence-electron chi connectivity index (χ1n) is 6.83. The van der Waals surface area contributed by atoms with Gasteiger partial charge in [0.05, 0.1) is 5.56 Å². The number of benzene rings is 2. The minimum absolute atomic E-state index is 0.166. The van der Waals surface area contributed by atoms with E-state index in [1.807, 2.05) is 0 Å². The predicted octanol–water partition coefficient (Wildman–Crippen LogP) is 4.67. The van der Waals surface area contributed by atoms with Crippen molar-refractivity contribution in [3.8, 4) is 5.75 Å². The van der Waals surface area contributed by atoms with Gasteiger partial charge in [0.25, 0.3) is 0 Å². The average Bonchev–Trinajstić information content (AvgIpc) is 2.54. The van der Waals surface area contributed by atoms with Gasteiger partial charge in [-0.1, -0.05) is 29.8 Å². The first kappa shape index (κ1) is 17.5. The van der Waals surface area contributed by atoms with Gasteiger partial charge in [-0.25, -0.2) is 0 Å². The van der Waals surface area contributed by atoms with E-state index in [2.05, 4.69) is 4.98 Å². The van der Waals surface area contributed by atoms with Crippen molar-refractivity contribution < 1.29 is 25.8 Å². The fraction of sp³-hybridized carbons (Fsp3) is 0.0625. The van der Waals surface area contributed by atoms with Gasteiger partial charge in [0, 0.05) is 16.6 Å². The highest BCUT2D eigenvalue weighted by molar-refractivity contribution is 7.87. The molecule has 4 nitrogen and oxygen atoms in total. The lowest BCUT2D eigenvalue weighted by atomic mass is 10.2. The molecule has 0 amide bonds. The molecule has 0 bridgehead atoms. The first-order valence-corrected chi connectivity index (χ1v) is 8.62. The Kier molecular flexibility index (Phi) is 4.34. The molecular formula is C16H9ClF3NO3S. The van der Waals surface area contributed by atoms with Crippen molar-refractivity contribution in [3.05, 3.63) is 65.3 Å². The van der Waals surface area contributed by atoms with Crippen LogP contribution in [-0.4, -0.2) is 13.4 Å². The Morgan fingerprint density at radius 2 is 1.76 bits per heavy atom. The molecule has 0 radical (unpaired) electrons. The summed E-state index contributed by atoms with van der Waals surface area (Å²) >= 11 is 5.57. The highest BCUT2D eigenvalue weighted by Gasteiger charge is 2.38. The van der Waals surface area contributed by atoms with Crippen LogP contribution in [-0.2, 0) is 16.3 Å². The second-order valence-corrected chi connectivity index (χ2v) is 6.96. The molecule has 1 aromatic heterocycles. The topological polar surface area (TPSA) is 56.3 Å². The summed E-state index contributed by atoms with van der Waals surface area (Å²) in [6, 6.07) is 10.2. The summed E-state index contributed by atoms with van der Waals surface area (Å²) in [6.45, 7) is 0. The zero-order valence-corrected chi connectivity index (χ0v) is 13.9. The number of aromatic nitrogens is 1. The number of hydrogen-bond donors (Lipinski definition) is 0. The van der Waals surface area contributed by atoms with E-state index in [4.69, 9.17) is 15.8 Å². The molecule has 0 unspecified atom stereocenters. The summed E-state index contributed by atoms with van der Waals surface area (Å²) in [6.07, 6.45) is -3.49. The van der Waals surface area contributed by atoms with Crippen molar-refractivity contribution in [1.82, 2.24) is 4.98 Å². The number of para-hydroxylation sites is 1. The summed E-state index contributed by atoms with van der Waals surface area (Å²) in [5.41, 5.74) is -1.18. The molecule has 0 saturated carbocycles. The number of hydrogen-bond acceptors (Lipinski definition) is 4. The molecule has 25 heavy (non-hydrogen) atoms. The smallest absolute Gasteiger partial charge is 0.377 e. The monoisotopic (exact) mass is 387 g/mol. The molecule has 3 aromatic rings. The number of alkyl halides is 3. The molecule has 0 spiro atoms. The summed E-state index contributed by atoms with van der Waals surface area (Å²) in [5, 5.41) is 0.348. The zero-order chi connectivity index (χ0) is 18.2. The van der Waals surface area contributed by atoms with Gasteiger partial charge in [-0.3, -0.25) is 4.98 Å². The highest BCUT2D eigenvalue weighted by atomic mass is 35.5. The van der Waals surface area contributed by atoms with E-state index in [0.717, 1.165) is 12.1 Å². The van der Waals surface area contributed by atoms with Crippen molar-refractivity contribution >= 4 is 32.6 Å². The molecule has 1 heterocycles. The molecule has 0 atom stereocenters. The molecule has 3 rings (SSSR count). The molecule has 0 fully saturated rings. The highest BCUT2D eigenvalue weighted by Crippen LogP contribution is 2.37. The second-order valence-electron chi connectivity index (χ2n) is 5.01. The third kappa shape index (κ3) is 3.54. The quantitative estimate of drug-likeness (QED) is 0.612. The van der Waals surface area contributed by atoms with Crippen LogP contribution in [0.5, 0.6) is 5.75 Å². The van der Waals surface area contributed by atoms with Crippen LogP contribution in [0.2, 0.25) is 5.02 Å². The molecule has 0 aliphatic rings. The van der Waals surface area contributed by atoms with Crippen molar-refractivity contribution in [3.63, 3.8) is 0 Å². The summed E-state index contributed by atoms with van der Waals surface area (Å²) in [7, 11) is -4.75.